The molecular formula is C12H19NO. The summed E-state index contributed by atoms with van der Waals surface area (Å²) in [5.41, 5.74) is 7.75. The van der Waals surface area contributed by atoms with E-state index in [0.29, 0.717) is 5.75 Å². The number of rotatable bonds is 1. The first-order chi connectivity index (χ1) is 6.34. The standard InChI is InChI=1S/C12H19NO/c1-8-6-5-7-9(10(8)14)11(13)12(2,3)4/h5-7,11,14H,13H2,1-4H3/t11-/m1/s1. The lowest BCUT2D eigenvalue weighted by Gasteiger charge is -2.28. The first kappa shape index (κ1) is 11.1. The minimum Gasteiger partial charge on any atom is -0.507 e. The zero-order valence-corrected chi connectivity index (χ0v) is 9.33. The minimum absolute atomic E-state index is 0.0364. The Morgan fingerprint density at radius 3 is 2.36 bits per heavy atom. The van der Waals surface area contributed by atoms with E-state index in [1.54, 1.807) is 0 Å². The van der Waals surface area contributed by atoms with Gasteiger partial charge in [0.05, 0.1) is 0 Å². The Morgan fingerprint density at radius 1 is 1.29 bits per heavy atom. The molecule has 2 nitrogen and oxygen atoms in total. The molecule has 14 heavy (non-hydrogen) atoms. The number of aromatic hydroxyl groups is 1. The Labute approximate surface area is 85.8 Å². The van der Waals surface area contributed by atoms with Crippen LogP contribution in [0.25, 0.3) is 0 Å². The summed E-state index contributed by atoms with van der Waals surface area (Å²) in [6, 6.07) is 5.56. The number of para-hydroxylation sites is 1. The molecule has 78 valence electrons. The van der Waals surface area contributed by atoms with E-state index in [2.05, 4.69) is 20.8 Å². The van der Waals surface area contributed by atoms with E-state index < -0.39 is 0 Å². The molecule has 0 unspecified atom stereocenters. The quantitative estimate of drug-likeness (QED) is 0.720. The van der Waals surface area contributed by atoms with Crippen LogP contribution in [0.2, 0.25) is 0 Å². The van der Waals surface area contributed by atoms with E-state index in [1.165, 1.54) is 0 Å². The van der Waals surface area contributed by atoms with Gasteiger partial charge in [0.2, 0.25) is 0 Å². The molecule has 0 fully saturated rings. The van der Waals surface area contributed by atoms with E-state index in [9.17, 15) is 5.11 Å². The van der Waals surface area contributed by atoms with E-state index in [4.69, 9.17) is 5.73 Å². The van der Waals surface area contributed by atoms with Gasteiger partial charge in [0.25, 0.3) is 0 Å². The van der Waals surface area contributed by atoms with Crippen LogP contribution in [0.5, 0.6) is 5.75 Å². The van der Waals surface area contributed by atoms with Crippen molar-refractivity contribution in [2.24, 2.45) is 11.1 Å². The Balaban J connectivity index is 3.14. The summed E-state index contributed by atoms with van der Waals surface area (Å²) in [7, 11) is 0. The van der Waals surface area contributed by atoms with Crippen molar-refractivity contribution in [2.45, 2.75) is 33.7 Å². The molecule has 1 atom stereocenters. The first-order valence-electron chi connectivity index (χ1n) is 4.88. The number of phenols is 1. The van der Waals surface area contributed by atoms with Crippen molar-refractivity contribution in [1.82, 2.24) is 0 Å². The van der Waals surface area contributed by atoms with Crippen molar-refractivity contribution in [2.75, 3.05) is 0 Å². The Bertz CT molecular complexity index is 326. The van der Waals surface area contributed by atoms with Crippen LogP contribution in [-0.4, -0.2) is 5.11 Å². The molecule has 1 rings (SSSR count). The molecule has 0 heterocycles. The SMILES string of the molecule is Cc1cccc([C@@H](N)C(C)(C)C)c1O. The monoisotopic (exact) mass is 193 g/mol. The van der Waals surface area contributed by atoms with E-state index in [1.807, 2.05) is 25.1 Å². The van der Waals surface area contributed by atoms with Gasteiger partial charge in [0.15, 0.2) is 0 Å². The van der Waals surface area contributed by atoms with Crippen LogP contribution in [0.1, 0.15) is 37.9 Å². The second-order valence-electron chi connectivity index (χ2n) is 4.86. The number of phenolic OH excluding ortho intramolecular Hbond substituents is 1. The molecule has 2 heteroatoms. The first-order valence-corrected chi connectivity index (χ1v) is 4.88. The second kappa shape index (κ2) is 3.62. The molecule has 0 saturated carbocycles. The molecule has 0 radical (unpaired) electrons. The molecule has 0 aromatic heterocycles. The molecule has 0 aliphatic heterocycles. The van der Waals surface area contributed by atoms with Gasteiger partial charge in [-0.15, -0.1) is 0 Å². The lowest BCUT2D eigenvalue weighted by molar-refractivity contribution is 0.317. The van der Waals surface area contributed by atoms with Crippen molar-refractivity contribution in [1.29, 1.82) is 0 Å². The van der Waals surface area contributed by atoms with Crippen LogP contribution in [0, 0.1) is 12.3 Å². The fourth-order valence-corrected chi connectivity index (χ4v) is 1.40. The molecule has 0 aliphatic carbocycles. The van der Waals surface area contributed by atoms with Gasteiger partial charge in [0, 0.05) is 11.6 Å². The molecular weight excluding hydrogens is 174 g/mol. The van der Waals surface area contributed by atoms with Gasteiger partial charge < -0.3 is 10.8 Å². The number of benzene rings is 1. The van der Waals surface area contributed by atoms with Crippen molar-refractivity contribution in [3.63, 3.8) is 0 Å². The fourth-order valence-electron chi connectivity index (χ4n) is 1.40. The maximum Gasteiger partial charge on any atom is 0.123 e. The third-order valence-corrected chi connectivity index (χ3v) is 2.54. The van der Waals surface area contributed by atoms with Gasteiger partial charge in [0.1, 0.15) is 5.75 Å². The third kappa shape index (κ3) is 2.07. The van der Waals surface area contributed by atoms with E-state index in [-0.39, 0.29) is 11.5 Å². The van der Waals surface area contributed by atoms with Gasteiger partial charge in [-0.1, -0.05) is 39.0 Å². The molecule has 0 amide bonds. The smallest absolute Gasteiger partial charge is 0.123 e. The van der Waals surface area contributed by atoms with Gasteiger partial charge >= 0.3 is 0 Å². The van der Waals surface area contributed by atoms with Gasteiger partial charge in [-0.3, -0.25) is 0 Å². The molecule has 3 N–H and O–H groups in total. The summed E-state index contributed by atoms with van der Waals surface area (Å²) >= 11 is 0. The summed E-state index contributed by atoms with van der Waals surface area (Å²) in [5, 5.41) is 9.85. The van der Waals surface area contributed by atoms with Crippen molar-refractivity contribution < 1.29 is 5.11 Å². The topological polar surface area (TPSA) is 46.2 Å². The lowest BCUT2D eigenvalue weighted by Crippen LogP contribution is -2.26. The highest BCUT2D eigenvalue weighted by molar-refractivity contribution is 5.41. The van der Waals surface area contributed by atoms with E-state index >= 15 is 0 Å². The van der Waals surface area contributed by atoms with Crippen LogP contribution in [0.3, 0.4) is 0 Å². The van der Waals surface area contributed by atoms with Gasteiger partial charge in [-0.25, -0.2) is 0 Å². The van der Waals surface area contributed by atoms with Crippen LogP contribution >= 0.6 is 0 Å². The zero-order valence-electron chi connectivity index (χ0n) is 9.33. The molecule has 0 spiro atoms. The molecule has 0 saturated heterocycles. The molecule has 1 aromatic rings. The van der Waals surface area contributed by atoms with Crippen LogP contribution in [-0.2, 0) is 0 Å². The highest BCUT2D eigenvalue weighted by atomic mass is 16.3. The fraction of sp³-hybridized carbons (Fsp3) is 0.500. The van der Waals surface area contributed by atoms with Crippen LogP contribution in [0.15, 0.2) is 18.2 Å². The van der Waals surface area contributed by atoms with Crippen molar-refractivity contribution in [3.05, 3.63) is 29.3 Å². The summed E-state index contributed by atoms with van der Waals surface area (Å²) in [4.78, 5) is 0. The van der Waals surface area contributed by atoms with Crippen LogP contribution < -0.4 is 5.73 Å². The summed E-state index contributed by atoms with van der Waals surface area (Å²) in [6.45, 7) is 8.09. The highest BCUT2D eigenvalue weighted by Gasteiger charge is 2.24. The molecule has 0 bridgehead atoms. The van der Waals surface area contributed by atoms with Crippen molar-refractivity contribution in [3.8, 4) is 5.75 Å². The second-order valence-corrected chi connectivity index (χ2v) is 4.86. The average molecular weight is 193 g/mol. The largest absolute Gasteiger partial charge is 0.507 e. The Morgan fingerprint density at radius 2 is 1.86 bits per heavy atom. The Kier molecular flexibility index (Phi) is 2.86. The minimum atomic E-state index is -0.137. The van der Waals surface area contributed by atoms with Gasteiger partial charge in [-0.2, -0.15) is 0 Å². The number of hydrogen-bond acceptors (Lipinski definition) is 2. The predicted octanol–water partition coefficient (Wildman–Crippen LogP) is 2.75. The lowest BCUT2D eigenvalue weighted by atomic mass is 9.82. The Hall–Kier alpha value is -1.02. The van der Waals surface area contributed by atoms with Gasteiger partial charge in [-0.05, 0) is 17.9 Å². The predicted molar refractivity (Wildman–Crippen MR) is 59.2 cm³/mol. The average Bonchev–Trinajstić information content (AvgIpc) is 2.07. The number of aryl methyl sites for hydroxylation is 1. The maximum absolute atomic E-state index is 9.85. The van der Waals surface area contributed by atoms with Crippen LogP contribution in [0.4, 0.5) is 0 Å². The normalized spacial score (nSPS) is 14.1. The third-order valence-electron chi connectivity index (χ3n) is 2.54. The maximum atomic E-state index is 9.85. The number of hydrogen-bond donors (Lipinski definition) is 2. The van der Waals surface area contributed by atoms with E-state index in [0.717, 1.165) is 11.1 Å². The summed E-state index contributed by atoms with van der Waals surface area (Å²) in [6.07, 6.45) is 0. The zero-order chi connectivity index (χ0) is 10.9. The number of nitrogens with two attached hydrogens (primary N) is 1. The summed E-state index contributed by atoms with van der Waals surface area (Å²) < 4.78 is 0. The van der Waals surface area contributed by atoms with Crippen molar-refractivity contribution >= 4 is 0 Å². The molecule has 1 aromatic carbocycles. The highest BCUT2D eigenvalue weighted by Crippen LogP contribution is 2.36. The molecule has 0 aliphatic rings. The summed E-state index contributed by atoms with van der Waals surface area (Å²) in [5.74, 6) is 0.329.